The fraction of sp³-hybridized carbons (Fsp3) is 0.769. The number of nitrogens with zero attached hydrogens (tertiary/aromatic N) is 2. The van der Waals surface area contributed by atoms with Crippen LogP contribution in [0.4, 0.5) is 5.95 Å². The van der Waals surface area contributed by atoms with Gasteiger partial charge in [-0.15, -0.1) is 0 Å². The summed E-state index contributed by atoms with van der Waals surface area (Å²) in [6, 6.07) is 0. The normalized spacial score (nSPS) is 23.8. The molecule has 2 rings (SSSR count). The molecule has 18 heavy (non-hydrogen) atoms. The summed E-state index contributed by atoms with van der Waals surface area (Å²) in [5, 5.41) is 3.38. The summed E-state index contributed by atoms with van der Waals surface area (Å²) >= 11 is 0. The zero-order chi connectivity index (χ0) is 13.0. The molecular formula is C13H23N3O2. The minimum Gasteiger partial charge on any atom is -0.378 e. The third-order valence-electron chi connectivity index (χ3n) is 3.35. The number of hydrogen-bond acceptors (Lipinski definition) is 4. The lowest BCUT2D eigenvalue weighted by molar-refractivity contribution is -0.00635. The van der Waals surface area contributed by atoms with Gasteiger partial charge in [0.25, 0.3) is 0 Å². The quantitative estimate of drug-likeness (QED) is 0.839. The van der Waals surface area contributed by atoms with Crippen LogP contribution in [0.25, 0.3) is 0 Å². The second kappa shape index (κ2) is 5.71. The number of hydrogen-bond donors (Lipinski definition) is 1. The van der Waals surface area contributed by atoms with Crippen LogP contribution in [0.15, 0.2) is 12.4 Å². The Hall–Kier alpha value is -1.07. The molecule has 1 aromatic rings. The van der Waals surface area contributed by atoms with Gasteiger partial charge in [0.2, 0.25) is 5.95 Å². The number of anilines is 1. The largest absolute Gasteiger partial charge is 0.378 e. The highest BCUT2D eigenvalue weighted by molar-refractivity contribution is 5.27. The summed E-state index contributed by atoms with van der Waals surface area (Å²) in [5.74, 6) is 1.51. The van der Waals surface area contributed by atoms with E-state index in [1.54, 1.807) is 7.11 Å². The van der Waals surface area contributed by atoms with Gasteiger partial charge in [-0.25, -0.2) is 4.98 Å². The van der Waals surface area contributed by atoms with Crippen LogP contribution in [-0.2, 0) is 16.0 Å². The standard InChI is InChI=1S/C13H23N3O2/c1-11(2)8-16-6-5-14-12(16)15-9-13(17-3)4-7-18-10-13/h5-6,11H,4,7-10H2,1-3H3,(H,14,15). The molecule has 1 atom stereocenters. The zero-order valence-electron chi connectivity index (χ0n) is 11.5. The first-order chi connectivity index (χ1) is 8.65. The van der Waals surface area contributed by atoms with Crippen LogP contribution in [-0.4, -0.2) is 42.0 Å². The van der Waals surface area contributed by atoms with Crippen molar-refractivity contribution in [3.05, 3.63) is 12.4 Å². The molecule has 5 heteroatoms. The second-order valence-electron chi connectivity index (χ2n) is 5.34. The molecule has 0 aliphatic carbocycles. The van der Waals surface area contributed by atoms with Crippen molar-refractivity contribution < 1.29 is 9.47 Å². The molecule has 5 nitrogen and oxygen atoms in total. The first-order valence-electron chi connectivity index (χ1n) is 6.53. The Bertz CT molecular complexity index is 370. The molecule has 0 spiro atoms. The van der Waals surface area contributed by atoms with E-state index in [0.29, 0.717) is 12.5 Å². The third kappa shape index (κ3) is 3.03. The van der Waals surface area contributed by atoms with Crippen molar-refractivity contribution >= 4 is 5.95 Å². The van der Waals surface area contributed by atoms with E-state index in [-0.39, 0.29) is 5.60 Å². The molecule has 102 valence electrons. The van der Waals surface area contributed by atoms with E-state index in [1.807, 2.05) is 12.4 Å². The summed E-state index contributed by atoms with van der Waals surface area (Å²) in [4.78, 5) is 4.35. The predicted molar refractivity (Wildman–Crippen MR) is 70.7 cm³/mol. The predicted octanol–water partition coefficient (Wildman–Crippen LogP) is 1.76. The molecule has 1 aliphatic rings. The van der Waals surface area contributed by atoms with Crippen molar-refractivity contribution in [2.24, 2.45) is 5.92 Å². The maximum absolute atomic E-state index is 5.59. The molecule has 1 aliphatic heterocycles. The lowest BCUT2D eigenvalue weighted by atomic mass is 10.0. The molecule has 1 aromatic heterocycles. The number of methoxy groups -OCH3 is 1. The van der Waals surface area contributed by atoms with E-state index in [1.165, 1.54) is 0 Å². The average molecular weight is 253 g/mol. The van der Waals surface area contributed by atoms with Gasteiger partial charge in [-0.3, -0.25) is 0 Å². The highest BCUT2D eigenvalue weighted by Gasteiger charge is 2.35. The van der Waals surface area contributed by atoms with E-state index < -0.39 is 0 Å². The maximum atomic E-state index is 5.59. The van der Waals surface area contributed by atoms with Crippen LogP contribution in [0.2, 0.25) is 0 Å². The Morgan fingerprint density at radius 1 is 1.61 bits per heavy atom. The van der Waals surface area contributed by atoms with E-state index in [4.69, 9.17) is 9.47 Å². The van der Waals surface area contributed by atoms with Gasteiger partial charge < -0.3 is 19.4 Å². The lowest BCUT2D eigenvalue weighted by Gasteiger charge is -2.26. The molecule has 0 saturated carbocycles. The van der Waals surface area contributed by atoms with Crippen LogP contribution >= 0.6 is 0 Å². The summed E-state index contributed by atoms with van der Waals surface area (Å²) in [5.41, 5.74) is -0.200. The van der Waals surface area contributed by atoms with Crippen LogP contribution in [0.1, 0.15) is 20.3 Å². The van der Waals surface area contributed by atoms with E-state index in [0.717, 1.165) is 32.1 Å². The van der Waals surface area contributed by atoms with Crippen LogP contribution in [0.3, 0.4) is 0 Å². The summed E-state index contributed by atoms with van der Waals surface area (Å²) in [6.45, 7) is 7.53. The summed E-state index contributed by atoms with van der Waals surface area (Å²) in [6.07, 6.45) is 4.77. The fourth-order valence-electron chi connectivity index (χ4n) is 2.22. The van der Waals surface area contributed by atoms with Crippen molar-refractivity contribution in [1.29, 1.82) is 0 Å². The fourth-order valence-corrected chi connectivity index (χ4v) is 2.22. The Balaban J connectivity index is 1.95. The topological polar surface area (TPSA) is 48.3 Å². The van der Waals surface area contributed by atoms with Gasteiger partial charge in [-0.05, 0) is 5.92 Å². The highest BCUT2D eigenvalue weighted by atomic mass is 16.5. The molecule has 1 saturated heterocycles. The van der Waals surface area contributed by atoms with Crippen molar-refractivity contribution in [3.8, 4) is 0 Å². The van der Waals surface area contributed by atoms with Crippen LogP contribution < -0.4 is 5.32 Å². The van der Waals surface area contributed by atoms with Gasteiger partial charge in [0.1, 0.15) is 5.60 Å². The molecule has 2 heterocycles. The first-order valence-corrected chi connectivity index (χ1v) is 6.53. The zero-order valence-corrected chi connectivity index (χ0v) is 11.5. The van der Waals surface area contributed by atoms with Gasteiger partial charge in [0, 0.05) is 45.6 Å². The Morgan fingerprint density at radius 2 is 2.44 bits per heavy atom. The SMILES string of the molecule is COC1(CNc2nccn2CC(C)C)CCOC1. The minimum absolute atomic E-state index is 0.200. The maximum Gasteiger partial charge on any atom is 0.202 e. The van der Waals surface area contributed by atoms with Crippen molar-refractivity contribution in [2.75, 3.05) is 32.2 Å². The Labute approximate surface area is 108 Å². The number of aromatic nitrogens is 2. The molecule has 1 fully saturated rings. The van der Waals surface area contributed by atoms with Crippen LogP contribution in [0.5, 0.6) is 0 Å². The number of nitrogens with one attached hydrogen (secondary N) is 1. The monoisotopic (exact) mass is 253 g/mol. The third-order valence-corrected chi connectivity index (χ3v) is 3.35. The summed E-state index contributed by atoms with van der Waals surface area (Å²) in [7, 11) is 1.75. The van der Waals surface area contributed by atoms with Crippen LogP contribution in [0, 0.1) is 5.92 Å². The molecule has 1 unspecified atom stereocenters. The van der Waals surface area contributed by atoms with Crippen molar-refractivity contribution in [1.82, 2.24) is 9.55 Å². The summed E-state index contributed by atoms with van der Waals surface area (Å²) < 4.78 is 13.2. The molecule has 1 N–H and O–H groups in total. The smallest absolute Gasteiger partial charge is 0.202 e. The highest BCUT2D eigenvalue weighted by Crippen LogP contribution is 2.23. The van der Waals surface area contributed by atoms with Gasteiger partial charge in [-0.2, -0.15) is 0 Å². The van der Waals surface area contributed by atoms with E-state index in [9.17, 15) is 0 Å². The van der Waals surface area contributed by atoms with Crippen molar-refractivity contribution in [3.63, 3.8) is 0 Å². The Kier molecular flexibility index (Phi) is 4.24. The number of ether oxygens (including phenoxy) is 2. The molecule has 0 amide bonds. The number of rotatable bonds is 6. The average Bonchev–Trinajstić information content (AvgIpc) is 2.95. The van der Waals surface area contributed by atoms with E-state index in [2.05, 4.69) is 28.7 Å². The van der Waals surface area contributed by atoms with Gasteiger partial charge in [0.05, 0.1) is 6.61 Å². The van der Waals surface area contributed by atoms with Gasteiger partial charge >= 0.3 is 0 Å². The molecule has 0 bridgehead atoms. The van der Waals surface area contributed by atoms with Gasteiger partial charge in [0.15, 0.2) is 0 Å². The Morgan fingerprint density at radius 3 is 3.06 bits per heavy atom. The minimum atomic E-state index is -0.200. The number of imidazole rings is 1. The van der Waals surface area contributed by atoms with Gasteiger partial charge in [-0.1, -0.05) is 13.8 Å². The molecule has 0 radical (unpaired) electrons. The molecule has 0 aromatic carbocycles. The lowest BCUT2D eigenvalue weighted by Crippen LogP contribution is -2.40. The molecular weight excluding hydrogens is 230 g/mol. The van der Waals surface area contributed by atoms with E-state index >= 15 is 0 Å². The van der Waals surface area contributed by atoms with Crippen molar-refractivity contribution in [2.45, 2.75) is 32.4 Å². The second-order valence-corrected chi connectivity index (χ2v) is 5.34. The first kappa shape index (κ1) is 13.4.